The van der Waals surface area contributed by atoms with Crippen LogP contribution in [0, 0.1) is 0 Å². The van der Waals surface area contributed by atoms with Crippen molar-refractivity contribution in [2.24, 2.45) is 0 Å². The van der Waals surface area contributed by atoms with Crippen LogP contribution in [0.4, 0.5) is 5.69 Å². The Balaban J connectivity index is 2.13. The predicted octanol–water partition coefficient (Wildman–Crippen LogP) is 3.62. The Labute approximate surface area is 128 Å². The molecule has 2 rings (SSSR count). The molecule has 0 radical (unpaired) electrons. The zero-order valence-corrected chi connectivity index (χ0v) is 12.4. The maximum atomic E-state index is 12.3. The number of ether oxygens (including phenoxy) is 2. The lowest BCUT2D eigenvalue weighted by Crippen LogP contribution is -2.15. The van der Waals surface area contributed by atoms with Gasteiger partial charge in [0.05, 0.1) is 22.9 Å². The van der Waals surface area contributed by atoms with Crippen molar-refractivity contribution >= 4 is 23.2 Å². The van der Waals surface area contributed by atoms with E-state index < -0.39 is 0 Å². The number of carbonyl (C=O) groups excluding carboxylic acids is 1. The molecule has 0 fully saturated rings. The molecule has 0 aliphatic carbocycles. The number of para-hydroxylation sites is 2. The highest BCUT2D eigenvalue weighted by molar-refractivity contribution is 6.33. The summed E-state index contributed by atoms with van der Waals surface area (Å²) in [6.07, 6.45) is 0. The standard InChI is InChI=1S/C16H16ClNO3/c1-20-10-11-21-15-9-5-2-6-12(15)16(19)18-14-8-4-3-7-13(14)17/h2-9H,10-11H2,1H3,(H,18,19). The zero-order chi connectivity index (χ0) is 15.1. The lowest BCUT2D eigenvalue weighted by atomic mass is 10.2. The molecule has 0 aliphatic rings. The van der Waals surface area contributed by atoms with Gasteiger partial charge in [0.15, 0.2) is 0 Å². The quantitative estimate of drug-likeness (QED) is 0.829. The van der Waals surface area contributed by atoms with E-state index in [-0.39, 0.29) is 5.91 Å². The zero-order valence-electron chi connectivity index (χ0n) is 11.6. The second-order valence-electron chi connectivity index (χ2n) is 4.27. The molecule has 0 aliphatic heterocycles. The van der Waals surface area contributed by atoms with Crippen LogP contribution < -0.4 is 10.1 Å². The number of hydrogen-bond acceptors (Lipinski definition) is 3. The van der Waals surface area contributed by atoms with Crippen LogP contribution in [0.3, 0.4) is 0 Å². The molecule has 0 atom stereocenters. The van der Waals surface area contributed by atoms with Gasteiger partial charge in [-0.3, -0.25) is 4.79 Å². The Morgan fingerprint density at radius 1 is 1.10 bits per heavy atom. The maximum absolute atomic E-state index is 12.3. The predicted molar refractivity (Wildman–Crippen MR) is 83.2 cm³/mol. The molecular weight excluding hydrogens is 290 g/mol. The molecule has 0 unspecified atom stereocenters. The smallest absolute Gasteiger partial charge is 0.259 e. The van der Waals surface area contributed by atoms with Gasteiger partial charge in [-0.15, -0.1) is 0 Å². The average Bonchev–Trinajstić information content (AvgIpc) is 2.50. The van der Waals surface area contributed by atoms with Gasteiger partial charge in [-0.2, -0.15) is 0 Å². The molecule has 0 saturated heterocycles. The lowest BCUT2D eigenvalue weighted by Gasteiger charge is -2.12. The molecule has 2 aromatic carbocycles. The molecule has 4 nitrogen and oxygen atoms in total. The van der Waals surface area contributed by atoms with Crippen LogP contribution in [0.2, 0.25) is 5.02 Å². The van der Waals surface area contributed by atoms with E-state index in [1.165, 1.54) is 0 Å². The summed E-state index contributed by atoms with van der Waals surface area (Å²) in [7, 11) is 1.60. The van der Waals surface area contributed by atoms with Crippen LogP contribution in [0.5, 0.6) is 5.75 Å². The molecular formula is C16H16ClNO3. The highest BCUT2D eigenvalue weighted by Crippen LogP contribution is 2.24. The molecule has 21 heavy (non-hydrogen) atoms. The molecule has 2 aromatic rings. The van der Waals surface area contributed by atoms with E-state index in [1.807, 2.05) is 12.1 Å². The molecule has 0 aromatic heterocycles. The van der Waals surface area contributed by atoms with E-state index in [0.29, 0.717) is 35.2 Å². The van der Waals surface area contributed by atoms with Crippen molar-refractivity contribution < 1.29 is 14.3 Å². The molecule has 0 saturated carbocycles. The van der Waals surface area contributed by atoms with E-state index >= 15 is 0 Å². The summed E-state index contributed by atoms with van der Waals surface area (Å²) in [6, 6.07) is 14.1. The van der Waals surface area contributed by atoms with Crippen LogP contribution in [0.1, 0.15) is 10.4 Å². The number of benzene rings is 2. The Bertz CT molecular complexity index is 616. The minimum atomic E-state index is -0.267. The summed E-state index contributed by atoms with van der Waals surface area (Å²) in [4.78, 5) is 12.3. The Morgan fingerprint density at radius 3 is 2.57 bits per heavy atom. The van der Waals surface area contributed by atoms with Crippen LogP contribution in [-0.4, -0.2) is 26.2 Å². The maximum Gasteiger partial charge on any atom is 0.259 e. The summed E-state index contributed by atoms with van der Waals surface area (Å²) in [5.41, 5.74) is 1.02. The lowest BCUT2D eigenvalue weighted by molar-refractivity contribution is 0.101. The molecule has 1 N–H and O–H groups in total. The summed E-state index contributed by atoms with van der Waals surface area (Å²) in [6.45, 7) is 0.841. The van der Waals surface area contributed by atoms with Gasteiger partial charge in [0.25, 0.3) is 5.91 Å². The third kappa shape index (κ3) is 4.21. The minimum Gasteiger partial charge on any atom is -0.490 e. The van der Waals surface area contributed by atoms with Crippen LogP contribution in [-0.2, 0) is 4.74 Å². The van der Waals surface area contributed by atoms with Crippen molar-refractivity contribution in [1.29, 1.82) is 0 Å². The first-order valence-electron chi connectivity index (χ1n) is 6.49. The summed E-state index contributed by atoms with van der Waals surface area (Å²) < 4.78 is 10.5. The summed E-state index contributed by atoms with van der Waals surface area (Å²) in [5, 5.41) is 3.26. The van der Waals surface area contributed by atoms with Crippen molar-refractivity contribution in [3.8, 4) is 5.75 Å². The minimum absolute atomic E-state index is 0.267. The molecule has 110 valence electrons. The monoisotopic (exact) mass is 305 g/mol. The highest BCUT2D eigenvalue weighted by atomic mass is 35.5. The normalized spacial score (nSPS) is 10.2. The van der Waals surface area contributed by atoms with Gasteiger partial charge in [0.2, 0.25) is 0 Å². The van der Waals surface area contributed by atoms with Crippen LogP contribution in [0.25, 0.3) is 0 Å². The van der Waals surface area contributed by atoms with Gasteiger partial charge in [0.1, 0.15) is 12.4 Å². The van der Waals surface area contributed by atoms with Gasteiger partial charge in [-0.05, 0) is 24.3 Å². The molecule has 0 heterocycles. The SMILES string of the molecule is COCCOc1ccccc1C(=O)Nc1ccccc1Cl. The first-order chi connectivity index (χ1) is 10.2. The number of nitrogens with one attached hydrogen (secondary N) is 1. The van der Waals surface area contributed by atoms with Gasteiger partial charge in [-0.25, -0.2) is 0 Å². The van der Waals surface area contributed by atoms with E-state index in [2.05, 4.69) is 5.32 Å². The third-order valence-electron chi connectivity index (χ3n) is 2.80. The highest BCUT2D eigenvalue weighted by Gasteiger charge is 2.13. The number of halogens is 1. The second kappa shape index (κ2) is 7.67. The Hall–Kier alpha value is -2.04. The molecule has 0 spiro atoms. The van der Waals surface area contributed by atoms with Crippen LogP contribution in [0.15, 0.2) is 48.5 Å². The van der Waals surface area contributed by atoms with E-state index in [4.69, 9.17) is 21.1 Å². The van der Waals surface area contributed by atoms with Gasteiger partial charge < -0.3 is 14.8 Å². The summed E-state index contributed by atoms with van der Waals surface area (Å²) in [5.74, 6) is 0.246. The number of anilines is 1. The first-order valence-corrected chi connectivity index (χ1v) is 6.87. The summed E-state index contributed by atoms with van der Waals surface area (Å²) >= 11 is 6.04. The molecule has 5 heteroatoms. The fraction of sp³-hybridized carbons (Fsp3) is 0.188. The molecule has 1 amide bonds. The van der Waals surface area contributed by atoms with Crippen LogP contribution >= 0.6 is 11.6 Å². The van der Waals surface area contributed by atoms with Crippen molar-refractivity contribution in [3.05, 3.63) is 59.1 Å². The van der Waals surface area contributed by atoms with Gasteiger partial charge >= 0.3 is 0 Å². The molecule has 0 bridgehead atoms. The van der Waals surface area contributed by atoms with E-state index in [9.17, 15) is 4.79 Å². The number of amides is 1. The van der Waals surface area contributed by atoms with Crippen molar-refractivity contribution in [3.63, 3.8) is 0 Å². The average molecular weight is 306 g/mol. The third-order valence-corrected chi connectivity index (χ3v) is 3.13. The fourth-order valence-electron chi connectivity index (χ4n) is 1.77. The van der Waals surface area contributed by atoms with Gasteiger partial charge in [-0.1, -0.05) is 35.9 Å². The van der Waals surface area contributed by atoms with E-state index in [0.717, 1.165) is 0 Å². The van der Waals surface area contributed by atoms with Crippen molar-refractivity contribution in [1.82, 2.24) is 0 Å². The number of methoxy groups -OCH3 is 1. The topological polar surface area (TPSA) is 47.6 Å². The fourth-order valence-corrected chi connectivity index (χ4v) is 1.95. The number of rotatable bonds is 6. The Kier molecular flexibility index (Phi) is 5.60. The number of hydrogen-bond donors (Lipinski definition) is 1. The van der Waals surface area contributed by atoms with E-state index in [1.54, 1.807) is 43.5 Å². The van der Waals surface area contributed by atoms with Gasteiger partial charge in [0, 0.05) is 7.11 Å². The number of carbonyl (C=O) groups is 1. The van der Waals surface area contributed by atoms with Crippen molar-refractivity contribution in [2.45, 2.75) is 0 Å². The van der Waals surface area contributed by atoms with Crippen molar-refractivity contribution in [2.75, 3.05) is 25.6 Å². The first kappa shape index (κ1) is 15.4. The Morgan fingerprint density at radius 2 is 1.81 bits per heavy atom. The second-order valence-corrected chi connectivity index (χ2v) is 4.68. The largest absolute Gasteiger partial charge is 0.490 e.